The van der Waals surface area contributed by atoms with Crippen LogP contribution >= 0.6 is 0 Å². The molecule has 0 bridgehead atoms. The number of hydrogen-bond donors (Lipinski definition) is 0. The molecule has 0 amide bonds. The van der Waals surface area contributed by atoms with E-state index in [1.165, 1.54) is 0 Å². The Morgan fingerprint density at radius 2 is 2.67 bits per heavy atom. The molecule has 1 heterocycles. The summed E-state index contributed by atoms with van der Waals surface area (Å²) in [6.07, 6.45) is 3.23. The van der Waals surface area contributed by atoms with Crippen molar-refractivity contribution in [2.75, 3.05) is 0 Å². The number of nitrogens with zero attached hydrogens (tertiary/aromatic N) is 1. The number of aromatic nitrogens is 1. The molecular formula is C3H2NOZn. The van der Waals surface area contributed by atoms with E-state index in [4.69, 9.17) is 4.42 Å². The molecule has 0 aliphatic heterocycles. The summed E-state index contributed by atoms with van der Waals surface area (Å²) < 4.78 is 5.62. The molecule has 0 N–H and O–H groups in total. The van der Waals surface area contributed by atoms with Gasteiger partial charge in [-0.1, -0.05) is 0 Å². The van der Waals surface area contributed by atoms with Gasteiger partial charge < -0.3 is 0 Å². The minimum atomic E-state index is 0.843. The minimum absolute atomic E-state index is 0.843. The maximum absolute atomic E-state index is 4.78. The van der Waals surface area contributed by atoms with E-state index in [1.807, 2.05) is 0 Å². The molecule has 1 rings (SSSR count). The molecule has 6 heavy (non-hydrogen) atoms. The van der Waals surface area contributed by atoms with E-state index in [1.54, 1.807) is 12.5 Å². The van der Waals surface area contributed by atoms with Crippen molar-refractivity contribution in [2.45, 2.75) is 0 Å². The molecule has 0 radical (unpaired) electrons. The second-order valence-electron chi connectivity index (χ2n) is 0.926. The van der Waals surface area contributed by atoms with Crippen LogP contribution in [0.4, 0.5) is 0 Å². The van der Waals surface area contributed by atoms with Gasteiger partial charge in [0.1, 0.15) is 0 Å². The van der Waals surface area contributed by atoms with Crippen LogP contribution in [0, 0.1) is 0 Å². The van der Waals surface area contributed by atoms with E-state index < -0.39 is 0 Å². The van der Waals surface area contributed by atoms with Gasteiger partial charge in [0.25, 0.3) is 0 Å². The summed E-state index contributed by atoms with van der Waals surface area (Å²) in [7, 11) is 0. The molecule has 3 heteroatoms. The van der Waals surface area contributed by atoms with Crippen LogP contribution in [0.25, 0.3) is 0 Å². The van der Waals surface area contributed by atoms with Gasteiger partial charge in [0.15, 0.2) is 0 Å². The third kappa shape index (κ3) is 0.659. The third-order valence-electron chi connectivity index (χ3n) is 0.483. The van der Waals surface area contributed by atoms with Gasteiger partial charge in [-0.2, -0.15) is 0 Å². The Hall–Kier alpha value is -0.167. The standard InChI is InChI=1S/C3H2NO.Zn/c1-2-5-3-4-1;/h1-2H;. The molecule has 0 aromatic carbocycles. The van der Waals surface area contributed by atoms with Gasteiger partial charge in [-0.15, -0.1) is 0 Å². The summed E-state index contributed by atoms with van der Waals surface area (Å²) in [5.74, 6) is 0. The fourth-order valence-corrected chi connectivity index (χ4v) is 0.676. The van der Waals surface area contributed by atoms with Gasteiger partial charge >= 0.3 is 44.6 Å². The zero-order valence-electron chi connectivity index (χ0n) is 3.22. The topological polar surface area (TPSA) is 26.0 Å². The Kier molecular flexibility index (Phi) is 1.02. The Morgan fingerprint density at radius 1 is 1.83 bits per heavy atom. The zero-order valence-corrected chi connectivity index (χ0v) is 6.18. The van der Waals surface area contributed by atoms with Crippen LogP contribution in [0.3, 0.4) is 0 Å². The first-order valence-corrected chi connectivity index (χ1v) is 3.09. The molecule has 0 aliphatic rings. The van der Waals surface area contributed by atoms with Crippen molar-refractivity contribution in [3.8, 4) is 0 Å². The van der Waals surface area contributed by atoms with Crippen LogP contribution in [-0.2, 0) is 18.3 Å². The summed E-state index contributed by atoms with van der Waals surface area (Å²) in [4.78, 5) is 3.81. The number of rotatable bonds is 0. The van der Waals surface area contributed by atoms with E-state index in [2.05, 4.69) is 4.98 Å². The zero-order chi connectivity index (χ0) is 4.41. The summed E-state index contributed by atoms with van der Waals surface area (Å²) in [6.45, 7) is 0. The first-order valence-electron chi connectivity index (χ1n) is 1.61. The summed E-state index contributed by atoms with van der Waals surface area (Å²) in [6, 6.07) is 0. The Morgan fingerprint density at radius 3 is 2.83 bits per heavy atom. The molecule has 2 nitrogen and oxygen atoms in total. The average molecular weight is 133 g/mol. The van der Waals surface area contributed by atoms with Crippen LogP contribution in [0.15, 0.2) is 16.9 Å². The monoisotopic (exact) mass is 132 g/mol. The summed E-state index contributed by atoms with van der Waals surface area (Å²) in [5.41, 5.74) is 0. The van der Waals surface area contributed by atoms with Crippen LogP contribution < -0.4 is 4.49 Å². The average Bonchev–Trinajstić information content (AvgIpc) is 1.86. The molecule has 27 valence electrons. The normalized spacial score (nSPS) is 9.00. The first kappa shape index (κ1) is 4.00. The fourth-order valence-electron chi connectivity index (χ4n) is 0.253. The van der Waals surface area contributed by atoms with E-state index >= 15 is 0 Å². The third-order valence-corrected chi connectivity index (χ3v) is 1.22. The van der Waals surface area contributed by atoms with E-state index in [-0.39, 0.29) is 0 Å². The second kappa shape index (κ2) is 1.52. The molecule has 0 atom stereocenters. The van der Waals surface area contributed by atoms with Crippen LogP contribution in [0.2, 0.25) is 0 Å². The second-order valence-corrected chi connectivity index (χ2v) is 2.19. The fraction of sp³-hybridized carbons (Fsp3) is 0. The SMILES string of the molecule is [Zn][c]1ncco1. The van der Waals surface area contributed by atoms with Crippen molar-refractivity contribution in [3.05, 3.63) is 12.5 Å². The summed E-state index contributed by atoms with van der Waals surface area (Å²) >= 11 is 1.01. The van der Waals surface area contributed by atoms with Crippen molar-refractivity contribution < 1.29 is 22.7 Å². The molecule has 0 spiro atoms. The van der Waals surface area contributed by atoms with Crippen molar-refractivity contribution in [3.63, 3.8) is 0 Å². The predicted molar refractivity (Wildman–Crippen MR) is 16.1 cm³/mol. The first-order chi connectivity index (χ1) is 2.89. The van der Waals surface area contributed by atoms with E-state index in [0.717, 1.165) is 22.8 Å². The van der Waals surface area contributed by atoms with Crippen LogP contribution in [0.1, 0.15) is 0 Å². The Balaban J connectivity index is 3.05. The molecule has 0 saturated carbocycles. The number of oxazole rings is 1. The molecule has 0 aliphatic carbocycles. The van der Waals surface area contributed by atoms with Gasteiger partial charge in [-0.25, -0.2) is 0 Å². The molecule has 0 unspecified atom stereocenters. The molecular weight excluding hydrogens is 131 g/mol. The van der Waals surface area contributed by atoms with E-state index in [0.29, 0.717) is 0 Å². The van der Waals surface area contributed by atoms with Gasteiger partial charge in [-0.3, -0.25) is 0 Å². The van der Waals surface area contributed by atoms with E-state index in [9.17, 15) is 0 Å². The molecule has 0 saturated heterocycles. The number of hydrogen-bond acceptors (Lipinski definition) is 2. The van der Waals surface area contributed by atoms with Gasteiger partial charge in [0.05, 0.1) is 0 Å². The predicted octanol–water partition coefficient (Wildman–Crippen LogP) is -0.153. The summed E-state index contributed by atoms with van der Waals surface area (Å²) in [5, 5.41) is 0. The molecule has 0 fully saturated rings. The van der Waals surface area contributed by atoms with Gasteiger partial charge in [0.2, 0.25) is 0 Å². The Labute approximate surface area is 45.2 Å². The van der Waals surface area contributed by atoms with Crippen LogP contribution in [0.5, 0.6) is 0 Å². The maximum atomic E-state index is 4.78. The van der Waals surface area contributed by atoms with Gasteiger partial charge in [0, 0.05) is 0 Å². The van der Waals surface area contributed by atoms with Gasteiger partial charge in [-0.05, 0) is 0 Å². The molecule has 1 aromatic heterocycles. The van der Waals surface area contributed by atoms with Crippen molar-refractivity contribution in [1.82, 2.24) is 4.98 Å². The van der Waals surface area contributed by atoms with Crippen molar-refractivity contribution in [1.29, 1.82) is 0 Å². The molecule has 1 aromatic rings. The van der Waals surface area contributed by atoms with Crippen LogP contribution in [-0.4, -0.2) is 4.98 Å². The van der Waals surface area contributed by atoms with Crippen molar-refractivity contribution >= 4 is 4.49 Å². The quantitative estimate of drug-likeness (QED) is 0.460. The van der Waals surface area contributed by atoms with Crippen molar-refractivity contribution in [2.24, 2.45) is 0 Å². The Bertz CT molecular complexity index is 114.